The lowest BCUT2D eigenvalue weighted by atomic mass is 9.74. The minimum Gasteiger partial charge on any atom is -0.445 e. The third-order valence-corrected chi connectivity index (χ3v) is 7.13. The summed E-state index contributed by atoms with van der Waals surface area (Å²) in [6.45, 7) is 10.1. The molecule has 0 saturated heterocycles. The van der Waals surface area contributed by atoms with E-state index in [1.54, 1.807) is 0 Å². The Morgan fingerprint density at radius 3 is 2.38 bits per heavy atom. The number of allylic oxidation sites excluding steroid dienone is 3. The average Bonchev–Trinajstić information content (AvgIpc) is 3.66. The van der Waals surface area contributed by atoms with Gasteiger partial charge in [0.2, 0.25) is 5.88 Å². The number of ether oxygens (including phenoxy) is 1. The molecule has 1 saturated carbocycles. The van der Waals surface area contributed by atoms with Crippen molar-refractivity contribution >= 4 is 0 Å². The summed E-state index contributed by atoms with van der Waals surface area (Å²) in [6, 6.07) is 10.9. The van der Waals surface area contributed by atoms with E-state index in [1.807, 2.05) is 40.1 Å². The van der Waals surface area contributed by atoms with Crippen LogP contribution in [0.5, 0.6) is 0 Å². The van der Waals surface area contributed by atoms with E-state index in [4.69, 9.17) is 10.5 Å². The SMILES string of the molecule is CC.CC.CCc1nccn1-c1ccc(C2C(C#N)=C(N)OC3=C2C(C2CCCC2)CC3)cc1. The lowest BCUT2D eigenvalue weighted by Crippen LogP contribution is -2.24. The molecule has 0 bridgehead atoms. The van der Waals surface area contributed by atoms with E-state index in [0.717, 1.165) is 42.1 Å². The molecule has 1 aromatic heterocycles. The molecule has 2 N–H and O–H groups in total. The van der Waals surface area contributed by atoms with Crippen molar-refractivity contribution in [1.82, 2.24) is 9.55 Å². The van der Waals surface area contributed by atoms with Gasteiger partial charge in [0, 0.05) is 36.8 Å². The molecule has 2 heterocycles. The predicted octanol–water partition coefficient (Wildman–Crippen LogP) is 7.15. The van der Waals surface area contributed by atoms with Crippen LogP contribution in [0.25, 0.3) is 5.69 Å². The van der Waals surface area contributed by atoms with Crippen LogP contribution in [-0.4, -0.2) is 9.55 Å². The summed E-state index contributed by atoms with van der Waals surface area (Å²) in [7, 11) is 0. The Kier molecular flexibility index (Phi) is 8.98. The molecule has 5 rings (SSSR count). The first-order valence-corrected chi connectivity index (χ1v) is 13.1. The predicted molar refractivity (Wildman–Crippen MR) is 138 cm³/mol. The van der Waals surface area contributed by atoms with E-state index in [-0.39, 0.29) is 11.8 Å². The van der Waals surface area contributed by atoms with Gasteiger partial charge in [0.25, 0.3) is 0 Å². The first-order valence-electron chi connectivity index (χ1n) is 13.1. The van der Waals surface area contributed by atoms with Crippen LogP contribution in [0.15, 0.2) is 59.4 Å². The molecule has 0 radical (unpaired) electrons. The molecular weight excluding hydrogens is 420 g/mol. The highest BCUT2D eigenvalue weighted by Crippen LogP contribution is 2.53. The molecule has 3 aliphatic rings. The Labute approximate surface area is 205 Å². The Morgan fingerprint density at radius 1 is 1.09 bits per heavy atom. The fraction of sp³-hybridized carbons (Fsp3) is 0.517. The highest BCUT2D eigenvalue weighted by atomic mass is 16.5. The maximum atomic E-state index is 9.94. The zero-order valence-corrected chi connectivity index (χ0v) is 21.5. The van der Waals surface area contributed by atoms with E-state index < -0.39 is 0 Å². The van der Waals surface area contributed by atoms with Crippen molar-refractivity contribution in [3.8, 4) is 11.8 Å². The van der Waals surface area contributed by atoms with Crippen LogP contribution in [0.2, 0.25) is 0 Å². The van der Waals surface area contributed by atoms with Crippen molar-refractivity contribution in [2.45, 2.75) is 85.5 Å². The van der Waals surface area contributed by atoms with Gasteiger partial charge in [-0.3, -0.25) is 0 Å². The van der Waals surface area contributed by atoms with Crippen molar-refractivity contribution in [1.29, 1.82) is 5.26 Å². The van der Waals surface area contributed by atoms with Crippen LogP contribution in [0.4, 0.5) is 0 Å². The van der Waals surface area contributed by atoms with Crippen LogP contribution in [0.1, 0.15) is 90.4 Å². The molecule has 2 unspecified atom stereocenters. The first kappa shape index (κ1) is 25.6. The van der Waals surface area contributed by atoms with Gasteiger partial charge in [-0.25, -0.2) is 4.98 Å². The summed E-state index contributed by atoms with van der Waals surface area (Å²) in [5, 5.41) is 9.94. The van der Waals surface area contributed by atoms with Gasteiger partial charge in [-0.1, -0.05) is 59.6 Å². The molecule has 5 heteroatoms. The number of hydrogen-bond acceptors (Lipinski definition) is 4. The molecule has 182 valence electrons. The molecule has 0 amide bonds. The second-order valence-corrected chi connectivity index (χ2v) is 8.65. The Hall–Kier alpha value is -3.00. The van der Waals surface area contributed by atoms with Gasteiger partial charge in [-0.05, 0) is 54.4 Å². The van der Waals surface area contributed by atoms with Crippen molar-refractivity contribution in [2.24, 2.45) is 17.6 Å². The minimum atomic E-state index is -0.0886. The molecule has 2 aliphatic carbocycles. The minimum absolute atomic E-state index is 0.0886. The normalized spacial score (nSPS) is 21.6. The summed E-state index contributed by atoms with van der Waals surface area (Å²) >= 11 is 0. The second kappa shape index (κ2) is 11.9. The third kappa shape index (κ3) is 4.78. The first-order chi connectivity index (χ1) is 16.7. The third-order valence-electron chi connectivity index (χ3n) is 7.13. The van der Waals surface area contributed by atoms with Crippen molar-refractivity contribution < 1.29 is 4.74 Å². The van der Waals surface area contributed by atoms with Gasteiger partial charge in [-0.15, -0.1) is 0 Å². The van der Waals surface area contributed by atoms with Crippen molar-refractivity contribution in [3.05, 3.63) is 70.8 Å². The zero-order valence-electron chi connectivity index (χ0n) is 21.5. The number of nitriles is 1. The number of aromatic nitrogens is 2. The number of rotatable bonds is 4. The van der Waals surface area contributed by atoms with Gasteiger partial charge in [0.1, 0.15) is 23.2 Å². The molecule has 34 heavy (non-hydrogen) atoms. The fourth-order valence-electron chi connectivity index (χ4n) is 5.74. The molecule has 2 atom stereocenters. The van der Waals surface area contributed by atoms with E-state index in [1.165, 1.54) is 31.3 Å². The van der Waals surface area contributed by atoms with Crippen LogP contribution in [0, 0.1) is 23.2 Å². The smallest absolute Gasteiger partial charge is 0.205 e. The number of imidazole rings is 1. The van der Waals surface area contributed by atoms with E-state index >= 15 is 0 Å². The van der Waals surface area contributed by atoms with Gasteiger partial charge < -0.3 is 15.0 Å². The summed E-state index contributed by atoms with van der Waals surface area (Å²) < 4.78 is 8.09. The number of hydrogen-bond donors (Lipinski definition) is 1. The summed E-state index contributed by atoms with van der Waals surface area (Å²) in [5.74, 6) is 3.46. The molecule has 0 spiro atoms. The maximum Gasteiger partial charge on any atom is 0.205 e. The number of nitrogens with zero attached hydrogens (tertiary/aromatic N) is 3. The maximum absolute atomic E-state index is 9.94. The van der Waals surface area contributed by atoms with Crippen LogP contribution in [0.3, 0.4) is 0 Å². The topological polar surface area (TPSA) is 76.9 Å². The molecule has 1 fully saturated rings. The molecule has 5 nitrogen and oxygen atoms in total. The summed E-state index contributed by atoms with van der Waals surface area (Å²) in [5.41, 5.74) is 10.3. The molecule has 2 aromatic rings. The average molecular weight is 461 g/mol. The lowest BCUT2D eigenvalue weighted by molar-refractivity contribution is 0.272. The zero-order chi connectivity index (χ0) is 24.7. The van der Waals surface area contributed by atoms with E-state index in [0.29, 0.717) is 17.4 Å². The van der Waals surface area contributed by atoms with Crippen LogP contribution < -0.4 is 5.73 Å². The van der Waals surface area contributed by atoms with E-state index in [9.17, 15) is 5.26 Å². The quantitative estimate of drug-likeness (QED) is 0.525. The van der Waals surface area contributed by atoms with Crippen molar-refractivity contribution in [3.63, 3.8) is 0 Å². The Balaban J connectivity index is 0.000000771. The standard InChI is InChI=1S/C25H28N4O.2C2H6/c1-2-22-28-13-14-29(22)18-9-7-17(8-10-18)23-20(15-26)25(27)30-21-12-11-19(24(21)23)16-5-3-4-6-16;2*1-2/h7-10,13-14,16,19,23H,2-6,11-12,27H2,1H3;2*1-2H3. The summed E-state index contributed by atoms with van der Waals surface area (Å²) in [6.07, 6.45) is 12.0. The van der Waals surface area contributed by atoms with E-state index in [2.05, 4.69) is 46.8 Å². The second-order valence-electron chi connectivity index (χ2n) is 8.65. The van der Waals surface area contributed by atoms with Gasteiger partial charge in [-0.2, -0.15) is 5.26 Å². The monoisotopic (exact) mass is 460 g/mol. The van der Waals surface area contributed by atoms with Crippen LogP contribution >= 0.6 is 0 Å². The summed E-state index contributed by atoms with van der Waals surface area (Å²) in [4.78, 5) is 4.43. The molecule has 1 aromatic carbocycles. The lowest BCUT2D eigenvalue weighted by Gasteiger charge is -2.31. The fourth-order valence-corrected chi connectivity index (χ4v) is 5.74. The largest absolute Gasteiger partial charge is 0.445 e. The van der Waals surface area contributed by atoms with Gasteiger partial charge >= 0.3 is 0 Å². The Bertz CT molecular complexity index is 1050. The number of nitrogens with two attached hydrogens (primary N) is 1. The highest BCUT2D eigenvalue weighted by molar-refractivity contribution is 5.52. The van der Waals surface area contributed by atoms with Crippen molar-refractivity contribution in [2.75, 3.05) is 0 Å². The van der Waals surface area contributed by atoms with Gasteiger partial charge in [0.05, 0.1) is 0 Å². The highest BCUT2D eigenvalue weighted by Gasteiger charge is 2.43. The molecule has 1 aliphatic heterocycles. The number of benzene rings is 1. The Morgan fingerprint density at radius 2 is 1.76 bits per heavy atom. The number of aryl methyl sites for hydroxylation is 1. The van der Waals surface area contributed by atoms with Crippen LogP contribution in [-0.2, 0) is 11.2 Å². The van der Waals surface area contributed by atoms with Gasteiger partial charge in [0.15, 0.2) is 0 Å². The molecular formula is C29H40N4O.